The van der Waals surface area contributed by atoms with Gasteiger partial charge in [0.1, 0.15) is 6.04 Å². The van der Waals surface area contributed by atoms with Gasteiger partial charge in [0.15, 0.2) is 0 Å². The lowest BCUT2D eigenvalue weighted by molar-refractivity contribution is -0.162. The molecule has 2 aliphatic heterocycles. The van der Waals surface area contributed by atoms with E-state index in [1.807, 2.05) is 0 Å². The average Bonchev–Trinajstić information content (AvgIpc) is 3.02. The summed E-state index contributed by atoms with van der Waals surface area (Å²) in [5.41, 5.74) is 0.514. The summed E-state index contributed by atoms with van der Waals surface area (Å²) in [5, 5.41) is 0. The normalized spacial score (nSPS) is 21.6. The van der Waals surface area contributed by atoms with Gasteiger partial charge in [-0.05, 0) is 19.1 Å². The highest BCUT2D eigenvalue weighted by molar-refractivity contribution is 6.22. The Bertz CT molecular complexity index is 647. The minimum atomic E-state index is -1.11. The van der Waals surface area contributed by atoms with E-state index in [4.69, 9.17) is 9.47 Å². The summed E-state index contributed by atoms with van der Waals surface area (Å²) in [5.74, 6) is -2.50. The molecule has 0 N–H and O–H groups in total. The first kappa shape index (κ1) is 14.2. The Morgan fingerprint density at radius 3 is 2.32 bits per heavy atom. The van der Waals surface area contributed by atoms with Crippen LogP contribution in [0.5, 0.6) is 0 Å². The molecule has 1 saturated heterocycles. The molecule has 1 fully saturated rings. The van der Waals surface area contributed by atoms with Crippen LogP contribution in [0.15, 0.2) is 24.3 Å². The molecule has 0 radical (unpaired) electrons. The average molecular weight is 303 g/mol. The van der Waals surface area contributed by atoms with E-state index in [2.05, 4.69) is 0 Å². The van der Waals surface area contributed by atoms with E-state index in [1.54, 1.807) is 12.1 Å². The number of esters is 2. The van der Waals surface area contributed by atoms with Crippen LogP contribution in [0.3, 0.4) is 0 Å². The number of cyclic esters (lactones) is 1. The number of amides is 2. The number of fused-ring (bicyclic) bond motifs is 1. The molecule has 3 rings (SSSR count). The van der Waals surface area contributed by atoms with Gasteiger partial charge in [-0.25, -0.2) is 9.59 Å². The Morgan fingerprint density at radius 1 is 1.23 bits per heavy atom. The minimum Gasteiger partial charge on any atom is -0.463 e. The van der Waals surface area contributed by atoms with Crippen LogP contribution in [0.4, 0.5) is 0 Å². The molecule has 114 valence electrons. The SMILES string of the molecule is C[C@@H](C(=O)O[C@H]1CCOC1=O)N1C(=O)c2ccccc2C1=O. The van der Waals surface area contributed by atoms with Crippen molar-refractivity contribution < 1.29 is 28.7 Å². The maximum Gasteiger partial charge on any atom is 0.347 e. The molecular weight excluding hydrogens is 290 g/mol. The number of hydrogen-bond acceptors (Lipinski definition) is 6. The van der Waals surface area contributed by atoms with E-state index < -0.39 is 35.9 Å². The van der Waals surface area contributed by atoms with Crippen LogP contribution in [0.2, 0.25) is 0 Å². The van der Waals surface area contributed by atoms with Crippen LogP contribution in [-0.2, 0) is 19.1 Å². The first-order valence-electron chi connectivity index (χ1n) is 6.84. The van der Waals surface area contributed by atoms with Gasteiger partial charge in [0.25, 0.3) is 11.8 Å². The smallest absolute Gasteiger partial charge is 0.347 e. The molecule has 22 heavy (non-hydrogen) atoms. The summed E-state index contributed by atoms with van der Waals surface area (Å²) >= 11 is 0. The lowest BCUT2D eigenvalue weighted by atomic mass is 10.1. The van der Waals surface area contributed by atoms with Crippen molar-refractivity contribution in [1.82, 2.24) is 4.90 Å². The van der Waals surface area contributed by atoms with Gasteiger partial charge in [-0.15, -0.1) is 0 Å². The van der Waals surface area contributed by atoms with Crippen LogP contribution in [0.1, 0.15) is 34.1 Å². The van der Waals surface area contributed by atoms with Gasteiger partial charge in [0.05, 0.1) is 17.7 Å². The van der Waals surface area contributed by atoms with Crippen molar-refractivity contribution in [3.8, 4) is 0 Å². The zero-order valence-electron chi connectivity index (χ0n) is 11.8. The molecule has 2 heterocycles. The van der Waals surface area contributed by atoms with E-state index in [0.29, 0.717) is 0 Å². The summed E-state index contributed by atoms with van der Waals surface area (Å²) in [6.45, 7) is 1.59. The fourth-order valence-corrected chi connectivity index (χ4v) is 2.49. The molecule has 0 aliphatic carbocycles. The molecule has 0 unspecified atom stereocenters. The molecule has 7 heteroatoms. The molecule has 0 aromatic heterocycles. The third-order valence-electron chi connectivity index (χ3n) is 3.70. The van der Waals surface area contributed by atoms with Crippen molar-refractivity contribution in [2.45, 2.75) is 25.5 Å². The molecule has 2 aliphatic rings. The Labute approximate surface area is 125 Å². The number of rotatable bonds is 3. The second-order valence-electron chi connectivity index (χ2n) is 5.08. The summed E-state index contributed by atoms with van der Waals surface area (Å²) in [7, 11) is 0. The van der Waals surface area contributed by atoms with Crippen molar-refractivity contribution in [2.24, 2.45) is 0 Å². The fraction of sp³-hybridized carbons (Fsp3) is 0.333. The maximum atomic E-state index is 12.3. The van der Waals surface area contributed by atoms with E-state index in [9.17, 15) is 19.2 Å². The third kappa shape index (κ3) is 2.14. The molecular formula is C15H13NO6. The van der Waals surface area contributed by atoms with Crippen LogP contribution in [0.25, 0.3) is 0 Å². The number of carbonyl (C=O) groups is 4. The largest absolute Gasteiger partial charge is 0.463 e. The van der Waals surface area contributed by atoms with E-state index in [0.717, 1.165) is 4.90 Å². The van der Waals surface area contributed by atoms with Gasteiger partial charge < -0.3 is 9.47 Å². The van der Waals surface area contributed by atoms with Crippen molar-refractivity contribution in [3.63, 3.8) is 0 Å². The van der Waals surface area contributed by atoms with Crippen LogP contribution >= 0.6 is 0 Å². The highest BCUT2D eigenvalue weighted by atomic mass is 16.6. The molecule has 0 saturated carbocycles. The van der Waals surface area contributed by atoms with Crippen molar-refractivity contribution >= 4 is 23.8 Å². The fourth-order valence-electron chi connectivity index (χ4n) is 2.49. The molecule has 2 atom stereocenters. The molecule has 1 aromatic carbocycles. The van der Waals surface area contributed by atoms with Crippen molar-refractivity contribution in [3.05, 3.63) is 35.4 Å². The predicted molar refractivity (Wildman–Crippen MR) is 71.9 cm³/mol. The van der Waals surface area contributed by atoms with Gasteiger partial charge in [-0.2, -0.15) is 0 Å². The monoisotopic (exact) mass is 303 g/mol. The molecule has 0 spiro atoms. The number of imide groups is 1. The lowest BCUT2D eigenvalue weighted by Gasteiger charge is -2.21. The maximum absolute atomic E-state index is 12.3. The van der Waals surface area contributed by atoms with Gasteiger partial charge in [-0.3, -0.25) is 14.5 Å². The number of benzene rings is 1. The highest BCUT2D eigenvalue weighted by Gasteiger charge is 2.42. The predicted octanol–water partition coefficient (Wildman–Crippen LogP) is 0.530. The number of nitrogens with zero attached hydrogens (tertiary/aromatic N) is 1. The molecule has 0 bridgehead atoms. The number of ether oxygens (including phenoxy) is 2. The van der Waals surface area contributed by atoms with E-state index >= 15 is 0 Å². The third-order valence-corrected chi connectivity index (χ3v) is 3.70. The molecule has 2 amide bonds. The summed E-state index contributed by atoms with van der Waals surface area (Å²) in [6.07, 6.45) is -0.690. The Balaban J connectivity index is 1.77. The second-order valence-corrected chi connectivity index (χ2v) is 5.08. The first-order chi connectivity index (χ1) is 10.5. The number of hydrogen-bond donors (Lipinski definition) is 0. The van der Waals surface area contributed by atoms with Gasteiger partial charge in [-0.1, -0.05) is 12.1 Å². The van der Waals surface area contributed by atoms with Crippen LogP contribution < -0.4 is 0 Å². The van der Waals surface area contributed by atoms with Gasteiger partial charge >= 0.3 is 11.9 Å². The molecule has 1 aromatic rings. The standard InChI is InChI=1S/C15H13NO6/c1-8(14(19)22-11-6-7-21-15(11)20)16-12(17)9-4-2-3-5-10(9)13(16)18/h2-5,8,11H,6-7H2,1H3/t8-,11-/m0/s1. The summed E-state index contributed by atoms with van der Waals surface area (Å²) in [4.78, 5) is 48.8. The summed E-state index contributed by atoms with van der Waals surface area (Å²) < 4.78 is 9.73. The highest BCUT2D eigenvalue weighted by Crippen LogP contribution is 2.25. The topological polar surface area (TPSA) is 90.0 Å². The van der Waals surface area contributed by atoms with Gasteiger partial charge in [0, 0.05) is 6.42 Å². The summed E-state index contributed by atoms with van der Waals surface area (Å²) in [6, 6.07) is 5.24. The van der Waals surface area contributed by atoms with Crippen molar-refractivity contribution in [1.29, 1.82) is 0 Å². The quantitative estimate of drug-likeness (QED) is 0.597. The Morgan fingerprint density at radius 2 is 1.82 bits per heavy atom. The van der Waals surface area contributed by atoms with E-state index in [-0.39, 0.29) is 24.2 Å². The van der Waals surface area contributed by atoms with Gasteiger partial charge in [0.2, 0.25) is 6.10 Å². The minimum absolute atomic E-state index is 0.193. The second kappa shape index (κ2) is 5.25. The molecule has 7 nitrogen and oxygen atoms in total. The number of carbonyl (C=O) groups excluding carboxylic acids is 4. The van der Waals surface area contributed by atoms with Crippen molar-refractivity contribution in [2.75, 3.05) is 6.61 Å². The van der Waals surface area contributed by atoms with Crippen LogP contribution in [0, 0.1) is 0 Å². The zero-order valence-corrected chi connectivity index (χ0v) is 11.8. The van der Waals surface area contributed by atoms with Crippen LogP contribution in [-0.4, -0.2) is 47.4 Å². The van der Waals surface area contributed by atoms with E-state index in [1.165, 1.54) is 19.1 Å². The first-order valence-corrected chi connectivity index (χ1v) is 6.84. The Kier molecular flexibility index (Phi) is 3.40. The zero-order chi connectivity index (χ0) is 15.9. The Hall–Kier alpha value is -2.70. The lowest BCUT2D eigenvalue weighted by Crippen LogP contribution is -2.45.